The number of nitrogens with zero attached hydrogens (tertiary/aromatic N) is 2. The van der Waals surface area contributed by atoms with E-state index >= 15 is 0 Å². The summed E-state index contributed by atoms with van der Waals surface area (Å²) in [4.78, 5) is 19.8. The molecule has 0 aliphatic rings. The molecule has 0 bridgehead atoms. The summed E-state index contributed by atoms with van der Waals surface area (Å²) in [6.07, 6.45) is 3.10. The smallest absolute Gasteiger partial charge is 0.159 e. The number of carbonyl (C=O) groups is 1. The van der Waals surface area contributed by atoms with Gasteiger partial charge in [0.2, 0.25) is 0 Å². The summed E-state index contributed by atoms with van der Waals surface area (Å²) >= 11 is 0. The summed E-state index contributed by atoms with van der Waals surface area (Å²) in [5.74, 6) is 2.17. The van der Waals surface area contributed by atoms with Crippen molar-refractivity contribution in [1.82, 2.24) is 9.97 Å². The van der Waals surface area contributed by atoms with Crippen molar-refractivity contribution in [1.29, 1.82) is 0 Å². The highest BCUT2D eigenvalue weighted by molar-refractivity contribution is 5.95. The third kappa shape index (κ3) is 3.94. The first kappa shape index (κ1) is 14.8. The summed E-state index contributed by atoms with van der Waals surface area (Å²) in [5, 5.41) is 6.33. The fraction of sp³-hybridized carbons (Fsp3) is 0.118. The Kier molecular flexibility index (Phi) is 4.33. The van der Waals surface area contributed by atoms with Gasteiger partial charge in [0, 0.05) is 17.3 Å². The number of Topliss-reactive ketones (excluding diaryl/α,β-unsaturated/α-hetero) is 1. The van der Waals surface area contributed by atoms with E-state index in [4.69, 9.17) is 4.42 Å². The standard InChI is InChI=1S/C17H16N4O2/c1-12(22)13-4-2-5-14(8-13)21-17-9-16(19-11-20-17)18-10-15-6-3-7-23-15/h2-9,11H,10H2,1H3,(H2,18,19,20,21). The number of hydrogen-bond acceptors (Lipinski definition) is 6. The molecule has 0 amide bonds. The molecule has 0 saturated heterocycles. The zero-order valence-electron chi connectivity index (χ0n) is 12.6. The Hall–Kier alpha value is -3.15. The van der Waals surface area contributed by atoms with Crippen LogP contribution in [0.25, 0.3) is 0 Å². The van der Waals surface area contributed by atoms with Crippen LogP contribution >= 0.6 is 0 Å². The third-order valence-corrected chi connectivity index (χ3v) is 3.23. The van der Waals surface area contributed by atoms with Gasteiger partial charge in [0.15, 0.2) is 5.78 Å². The van der Waals surface area contributed by atoms with Gasteiger partial charge in [-0.3, -0.25) is 4.79 Å². The quantitative estimate of drug-likeness (QED) is 0.677. The van der Waals surface area contributed by atoms with Gasteiger partial charge < -0.3 is 15.1 Å². The second-order valence-electron chi connectivity index (χ2n) is 4.98. The normalized spacial score (nSPS) is 10.3. The average molecular weight is 308 g/mol. The first-order valence-corrected chi connectivity index (χ1v) is 7.17. The van der Waals surface area contributed by atoms with E-state index in [-0.39, 0.29) is 5.78 Å². The van der Waals surface area contributed by atoms with Gasteiger partial charge in [0.25, 0.3) is 0 Å². The number of rotatable bonds is 6. The minimum Gasteiger partial charge on any atom is -0.467 e. The summed E-state index contributed by atoms with van der Waals surface area (Å²) in [6.45, 7) is 2.09. The maximum atomic E-state index is 11.4. The molecule has 116 valence electrons. The van der Waals surface area contributed by atoms with Crippen LogP contribution in [0.5, 0.6) is 0 Å². The minimum atomic E-state index is 0.0251. The second kappa shape index (κ2) is 6.74. The molecule has 3 rings (SSSR count). The molecule has 1 aromatic carbocycles. The van der Waals surface area contributed by atoms with Crippen molar-refractivity contribution >= 4 is 23.1 Å². The fourth-order valence-electron chi connectivity index (χ4n) is 2.08. The number of aromatic nitrogens is 2. The van der Waals surface area contributed by atoms with E-state index in [1.165, 1.54) is 6.33 Å². The number of benzene rings is 1. The Labute approximate surface area is 133 Å². The first-order chi connectivity index (χ1) is 11.2. The zero-order chi connectivity index (χ0) is 16.1. The van der Waals surface area contributed by atoms with Gasteiger partial charge in [-0.25, -0.2) is 9.97 Å². The van der Waals surface area contributed by atoms with E-state index in [0.29, 0.717) is 23.7 Å². The van der Waals surface area contributed by atoms with Crippen molar-refractivity contribution in [3.8, 4) is 0 Å². The van der Waals surface area contributed by atoms with E-state index in [1.807, 2.05) is 24.3 Å². The van der Waals surface area contributed by atoms with Crippen molar-refractivity contribution in [3.63, 3.8) is 0 Å². The van der Waals surface area contributed by atoms with Crippen LogP contribution in [0.1, 0.15) is 23.0 Å². The molecule has 2 aromatic heterocycles. The van der Waals surface area contributed by atoms with Crippen molar-refractivity contribution < 1.29 is 9.21 Å². The summed E-state index contributed by atoms with van der Waals surface area (Å²) in [5.41, 5.74) is 1.45. The SMILES string of the molecule is CC(=O)c1cccc(Nc2cc(NCc3ccco3)ncn2)c1. The predicted octanol–water partition coefficient (Wildman–Crippen LogP) is 3.63. The fourth-order valence-corrected chi connectivity index (χ4v) is 2.08. The van der Waals surface area contributed by atoms with Crippen LogP contribution in [0.2, 0.25) is 0 Å². The Morgan fingerprint density at radius 2 is 2.00 bits per heavy atom. The van der Waals surface area contributed by atoms with Gasteiger partial charge in [0.1, 0.15) is 23.7 Å². The Bertz CT molecular complexity index is 800. The maximum absolute atomic E-state index is 11.4. The highest BCUT2D eigenvalue weighted by atomic mass is 16.3. The van der Waals surface area contributed by atoms with Gasteiger partial charge in [0.05, 0.1) is 12.8 Å². The highest BCUT2D eigenvalue weighted by Crippen LogP contribution is 2.18. The monoisotopic (exact) mass is 308 g/mol. The van der Waals surface area contributed by atoms with Crippen molar-refractivity contribution in [3.05, 3.63) is 66.4 Å². The summed E-state index contributed by atoms with van der Waals surface area (Å²) in [7, 11) is 0. The molecule has 0 saturated carbocycles. The van der Waals surface area contributed by atoms with Crippen molar-refractivity contribution in [2.75, 3.05) is 10.6 Å². The van der Waals surface area contributed by atoms with E-state index in [1.54, 1.807) is 31.4 Å². The molecule has 0 radical (unpaired) electrons. The Balaban J connectivity index is 1.69. The van der Waals surface area contributed by atoms with Gasteiger partial charge >= 0.3 is 0 Å². The van der Waals surface area contributed by atoms with Gasteiger partial charge in [-0.15, -0.1) is 0 Å². The molecule has 2 heterocycles. The molecule has 0 aliphatic carbocycles. The molecule has 3 aromatic rings. The van der Waals surface area contributed by atoms with Crippen LogP contribution in [-0.2, 0) is 6.54 Å². The molecule has 23 heavy (non-hydrogen) atoms. The van der Waals surface area contributed by atoms with Crippen LogP contribution in [0, 0.1) is 0 Å². The zero-order valence-corrected chi connectivity index (χ0v) is 12.6. The van der Waals surface area contributed by atoms with Gasteiger partial charge in [-0.2, -0.15) is 0 Å². The van der Waals surface area contributed by atoms with Crippen LogP contribution in [0.4, 0.5) is 17.3 Å². The maximum Gasteiger partial charge on any atom is 0.159 e. The number of ketones is 1. The van der Waals surface area contributed by atoms with Gasteiger partial charge in [-0.05, 0) is 31.2 Å². The Morgan fingerprint density at radius 3 is 2.78 bits per heavy atom. The molecular weight excluding hydrogens is 292 g/mol. The lowest BCUT2D eigenvalue weighted by molar-refractivity contribution is 0.101. The lowest BCUT2D eigenvalue weighted by Crippen LogP contribution is -2.02. The van der Waals surface area contributed by atoms with Crippen LogP contribution in [-0.4, -0.2) is 15.8 Å². The predicted molar refractivity (Wildman–Crippen MR) is 87.8 cm³/mol. The number of carbonyl (C=O) groups excluding carboxylic acids is 1. The number of anilines is 3. The first-order valence-electron chi connectivity index (χ1n) is 7.17. The minimum absolute atomic E-state index is 0.0251. The highest BCUT2D eigenvalue weighted by Gasteiger charge is 2.03. The number of furan rings is 1. The van der Waals surface area contributed by atoms with E-state index in [0.717, 1.165) is 11.4 Å². The molecule has 2 N–H and O–H groups in total. The second-order valence-corrected chi connectivity index (χ2v) is 4.98. The van der Waals surface area contributed by atoms with E-state index in [2.05, 4.69) is 20.6 Å². The number of nitrogens with one attached hydrogen (secondary N) is 2. The lowest BCUT2D eigenvalue weighted by atomic mass is 10.1. The Morgan fingerprint density at radius 1 is 1.13 bits per heavy atom. The molecule has 0 unspecified atom stereocenters. The summed E-state index contributed by atoms with van der Waals surface area (Å²) in [6, 6.07) is 12.8. The lowest BCUT2D eigenvalue weighted by Gasteiger charge is -2.08. The van der Waals surface area contributed by atoms with E-state index in [9.17, 15) is 4.79 Å². The van der Waals surface area contributed by atoms with Crippen molar-refractivity contribution in [2.45, 2.75) is 13.5 Å². The third-order valence-electron chi connectivity index (χ3n) is 3.23. The molecular formula is C17H16N4O2. The van der Waals surface area contributed by atoms with Crippen molar-refractivity contribution in [2.24, 2.45) is 0 Å². The number of hydrogen-bond donors (Lipinski definition) is 2. The van der Waals surface area contributed by atoms with E-state index < -0.39 is 0 Å². The molecule has 0 fully saturated rings. The average Bonchev–Trinajstić information content (AvgIpc) is 3.07. The van der Waals surface area contributed by atoms with Crippen LogP contribution in [0.3, 0.4) is 0 Å². The van der Waals surface area contributed by atoms with Crippen LogP contribution in [0.15, 0.2) is 59.5 Å². The molecule has 6 heteroatoms. The molecule has 0 aliphatic heterocycles. The molecule has 0 spiro atoms. The largest absolute Gasteiger partial charge is 0.467 e. The summed E-state index contributed by atoms with van der Waals surface area (Å²) < 4.78 is 5.26. The van der Waals surface area contributed by atoms with Crippen LogP contribution < -0.4 is 10.6 Å². The molecule has 0 atom stereocenters. The van der Waals surface area contributed by atoms with Gasteiger partial charge in [-0.1, -0.05) is 12.1 Å². The topological polar surface area (TPSA) is 80.0 Å². The molecule has 6 nitrogen and oxygen atoms in total.